The van der Waals surface area contributed by atoms with Gasteiger partial charge in [0.1, 0.15) is 23.8 Å². The van der Waals surface area contributed by atoms with Gasteiger partial charge in [0.15, 0.2) is 11.8 Å². The van der Waals surface area contributed by atoms with Crippen LogP contribution in [-0.2, 0) is 16.1 Å². The number of furan rings is 2. The van der Waals surface area contributed by atoms with Crippen molar-refractivity contribution in [3.8, 4) is 17.3 Å². The summed E-state index contributed by atoms with van der Waals surface area (Å²) in [4.78, 5) is 30.1. The number of carbonyl (C=O) groups excluding carboxylic acids is 2. The lowest BCUT2D eigenvalue weighted by atomic mass is 10.1. The fraction of sp³-hybridized carbons (Fsp3) is 0.346. The maximum atomic E-state index is 13.9. The number of nitrogens with zero attached hydrogens (tertiary/aromatic N) is 5. The maximum Gasteiger partial charge on any atom is 0.251 e. The van der Waals surface area contributed by atoms with Crippen LogP contribution >= 0.6 is 0 Å². The van der Waals surface area contributed by atoms with E-state index in [0.717, 1.165) is 4.80 Å². The van der Waals surface area contributed by atoms with E-state index in [1.165, 1.54) is 11.2 Å². The van der Waals surface area contributed by atoms with Crippen LogP contribution in [0.1, 0.15) is 45.3 Å². The van der Waals surface area contributed by atoms with E-state index < -0.39 is 23.4 Å². The number of nitrogens with one attached hydrogen (secondary N) is 1. The van der Waals surface area contributed by atoms with E-state index in [1.54, 1.807) is 48.5 Å². The lowest BCUT2D eigenvalue weighted by molar-refractivity contribution is -0.128. The number of carbonyl (C=O) groups is 2. The molecule has 3 aromatic heterocycles. The molecule has 0 bridgehead atoms. The molecule has 194 valence electrons. The van der Waals surface area contributed by atoms with E-state index in [1.807, 2.05) is 34.6 Å². The third kappa shape index (κ3) is 6.05. The molecule has 4 rings (SSSR count). The van der Waals surface area contributed by atoms with Crippen molar-refractivity contribution in [3.05, 3.63) is 66.3 Å². The number of anilines is 1. The fourth-order valence-corrected chi connectivity index (χ4v) is 3.77. The van der Waals surface area contributed by atoms with Crippen LogP contribution in [0.25, 0.3) is 11.6 Å². The first-order valence-electron chi connectivity index (χ1n) is 11.9. The lowest BCUT2D eigenvalue weighted by Gasteiger charge is -2.33. The van der Waals surface area contributed by atoms with Gasteiger partial charge in [-0.3, -0.25) is 14.5 Å². The second-order valence-corrected chi connectivity index (χ2v) is 9.38. The molecule has 0 fully saturated rings. The summed E-state index contributed by atoms with van der Waals surface area (Å²) < 4.78 is 17.0. The number of para-hydroxylation sites is 2. The summed E-state index contributed by atoms with van der Waals surface area (Å²) >= 11 is 0. The maximum absolute atomic E-state index is 13.9. The van der Waals surface area contributed by atoms with Crippen LogP contribution in [0.15, 0.2) is 63.6 Å². The molecule has 37 heavy (non-hydrogen) atoms. The van der Waals surface area contributed by atoms with Crippen molar-refractivity contribution < 1.29 is 23.2 Å². The molecule has 0 saturated heterocycles. The number of tetrazole rings is 1. The molecular weight excluding hydrogens is 476 g/mol. The van der Waals surface area contributed by atoms with Crippen LogP contribution in [0, 0.1) is 6.92 Å². The Hall–Kier alpha value is -4.41. The van der Waals surface area contributed by atoms with Crippen molar-refractivity contribution in [2.45, 2.75) is 52.7 Å². The largest absolute Gasteiger partial charge is 0.492 e. The molecule has 3 heterocycles. The molecule has 1 aromatic carbocycles. The minimum atomic E-state index is -1.13. The summed E-state index contributed by atoms with van der Waals surface area (Å²) in [7, 11) is 0. The van der Waals surface area contributed by atoms with Crippen molar-refractivity contribution in [2.24, 2.45) is 0 Å². The minimum Gasteiger partial charge on any atom is -0.492 e. The standard InChI is InChI=1S/C26H30N6O5/c1-6-35-19-11-8-7-10-18(19)32(23(20-12-9-15-36-20)25(34)27-26(3,4)5)22(33)16-31-29-24(28-30-31)21-14-13-17(2)37-21/h7-15,23H,6,16H2,1-5H3,(H,27,34)/t23-/m0/s1. The van der Waals surface area contributed by atoms with Crippen molar-refractivity contribution in [1.29, 1.82) is 0 Å². The average molecular weight is 507 g/mol. The molecule has 2 amide bonds. The Morgan fingerprint density at radius 3 is 2.57 bits per heavy atom. The van der Waals surface area contributed by atoms with Gasteiger partial charge in [0, 0.05) is 5.54 Å². The second-order valence-electron chi connectivity index (χ2n) is 9.38. The molecule has 0 aliphatic rings. The highest BCUT2D eigenvalue weighted by atomic mass is 16.5. The van der Waals surface area contributed by atoms with Gasteiger partial charge in [0.05, 0.1) is 18.6 Å². The van der Waals surface area contributed by atoms with Gasteiger partial charge in [-0.15, -0.1) is 10.2 Å². The normalized spacial score (nSPS) is 12.2. The number of ether oxygens (including phenoxy) is 1. The predicted molar refractivity (Wildman–Crippen MR) is 135 cm³/mol. The molecule has 0 saturated carbocycles. The van der Waals surface area contributed by atoms with Gasteiger partial charge in [-0.2, -0.15) is 4.80 Å². The molecule has 0 radical (unpaired) electrons. The Kier molecular flexibility index (Phi) is 7.42. The highest BCUT2D eigenvalue weighted by Crippen LogP contribution is 2.36. The zero-order valence-electron chi connectivity index (χ0n) is 21.5. The van der Waals surface area contributed by atoms with Gasteiger partial charge in [0.2, 0.25) is 5.82 Å². The number of hydrogen-bond donors (Lipinski definition) is 1. The molecule has 4 aromatic rings. The molecule has 11 nitrogen and oxygen atoms in total. The smallest absolute Gasteiger partial charge is 0.251 e. The van der Waals surface area contributed by atoms with Crippen LogP contribution in [0.5, 0.6) is 5.75 Å². The molecule has 11 heteroatoms. The molecule has 0 aliphatic heterocycles. The van der Waals surface area contributed by atoms with E-state index in [4.69, 9.17) is 13.6 Å². The molecular formula is C26H30N6O5. The predicted octanol–water partition coefficient (Wildman–Crippen LogP) is 3.92. The van der Waals surface area contributed by atoms with E-state index in [9.17, 15) is 9.59 Å². The van der Waals surface area contributed by atoms with Crippen molar-refractivity contribution >= 4 is 17.5 Å². The van der Waals surface area contributed by atoms with E-state index >= 15 is 0 Å². The van der Waals surface area contributed by atoms with Crippen molar-refractivity contribution in [1.82, 2.24) is 25.5 Å². The summed E-state index contributed by atoms with van der Waals surface area (Å²) in [5.41, 5.74) is -0.151. The first-order valence-corrected chi connectivity index (χ1v) is 11.9. The molecule has 0 aliphatic carbocycles. The van der Waals surface area contributed by atoms with Crippen LogP contribution < -0.4 is 15.0 Å². The highest BCUT2D eigenvalue weighted by molar-refractivity contribution is 6.02. The number of amides is 2. The van der Waals surface area contributed by atoms with Gasteiger partial charge < -0.3 is 18.9 Å². The second kappa shape index (κ2) is 10.7. The summed E-state index contributed by atoms with van der Waals surface area (Å²) in [5.74, 6) is 1.23. The Morgan fingerprint density at radius 2 is 1.92 bits per heavy atom. The van der Waals surface area contributed by atoms with Crippen LogP contribution in [-0.4, -0.2) is 44.2 Å². The number of aromatic nitrogens is 4. The SMILES string of the molecule is CCOc1ccccc1N(C(=O)Cn1nnc(-c2ccc(C)o2)n1)[C@H](C(=O)NC(C)(C)C)c1ccco1. The van der Waals surface area contributed by atoms with Gasteiger partial charge in [-0.05, 0) is 76.2 Å². The quantitative estimate of drug-likeness (QED) is 0.362. The third-order valence-electron chi connectivity index (χ3n) is 5.20. The van der Waals surface area contributed by atoms with Gasteiger partial charge >= 0.3 is 0 Å². The van der Waals surface area contributed by atoms with E-state index in [2.05, 4.69) is 20.7 Å². The monoisotopic (exact) mass is 506 g/mol. The molecule has 0 unspecified atom stereocenters. The van der Waals surface area contributed by atoms with Crippen molar-refractivity contribution in [3.63, 3.8) is 0 Å². The summed E-state index contributed by atoms with van der Waals surface area (Å²) in [6.45, 7) is 9.31. The number of benzene rings is 1. The number of hydrogen-bond acceptors (Lipinski definition) is 8. The Morgan fingerprint density at radius 1 is 1.14 bits per heavy atom. The van der Waals surface area contributed by atoms with Gasteiger partial charge in [-0.25, -0.2) is 0 Å². The van der Waals surface area contributed by atoms with Gasteiger partial charge in [-0.1, -0.05) is 12.1 Å². The molecule has 1 atom stereocenters. The number of rotatable bonds is 9. The fourth-order valence-electron chi connectivity index (χ4n) is 3.77. The summed E-state index contributed by atoms with van der Waals surface area (Å²) in [5, 5.41) is 15.3. The Labute approximate surface area is 214 Å². The van der Waals surface area contributed by atoms with Crippen molar-refractivity contribution in [2.75, 3.05) is 11.5 Å². The first-order chi connectivity index (χ1) is 17.7. The third-order valence-corrected chi connectivity index (χ3v) is 5.20. The number of aryl methyl sites for hydroxylation is 1. The Balaban J connectivity index is 1.75. The zero-order valence-corrected chi connectivity index (χ0v) is 21.5. The summed E-state index contributed by atoms with van der Waals surface area (Å²) in [6, 6.07) is 12.7. The Bertz CT molecular complexity index is 1350. The molecule has 1 N–H and O–H groups in total. The van der Waals surface area contributed by atoms with Crippen LogP contribution in [0.2, 0.25) is 0 Å². The lowest BCUT2D eigenvalue weighted by Crippen LogP contribution is -2.50. The summed E-state index contributed by atoms with van der Waals surface area (Å²) in [6.07, 6.45) is 1.46. The van der Waals surface area contributed by atoms with Gasteiger partial charge in [0.25, 0.3) is 11.8 Å². The molecule has 0 spiro atoms. The van der Waals surface area contributed by atoms with E-state index in [-0.39, 0.29) is 12.4 Å². The topological polar surface area (TPSA) is 129 Å². The van der Waals surface area contributed by atoms with E-state index in [0.29, 0.717) is 35.3 Å². The van der Waals surface area contributed by atoms with Crippen LogP contribution in [0.4, 0.5) is 5.69 Å². The zero-order chi connectivity index (χ0) is 26.6. The minimum absolute atomic E-state index is 0.246. The average Bonchev–Trinajstić information content (AvgIpc) is 3.59. The first kappa shape index (κ1) is 25.7. The van der Waals surface area contributed by atoms with Crippen LogP contribution in [0.3, 0.4) is 0 Å². The highest BCUT2D eigenvalue weighted by Gasteiger charge is 2.38.